The lowest BCUT2D eigenvalue weighted by atomic mass is 10.1. The number of fused-ring (bicyclic) bond motifs is 3. The number of rotatable bonds is 5. The summed E-state index contributed by atoms with van der Waals surface area (Å²) >= 11 is 1.30. The third-order valence-corrected chi connectivity index (χ3v) is 5.82. The van der Waals surface area contributed by atoms with Crippen molar-refractivity contribution in [3.8, 4) is 0 Å². The normalized spacial score (nSPS) is 11.7. The summed E-state index contributed by atoms with van der Waals surface area (Å²) in [5.74, 6) is -0.983. The summed E-state index contributed by atoms with van der Waals surface area (Å²) in [6, 6.07) is 16.9. The Hall–Kier alpha value is -3.85. The number of amides is 1. The summed E-state index contributed by atoms with van der Waals surface area (Å²) in [7, 11) is 0. The van der Waals surface area contributed by atoms with Crippen LogP contribution in [0.4, 0.5) is 5.69 Å². The van der Waals surface area contributed by atoms with Crippen LogP contribution in [0.1, 0.15) is 17.3 Å². The number of esters is 1. The van der Waals surface area contributed by atoms with Gasteiger partial charge in [-0.15, -0.1) is 0 Å². The van der Waals surface area contributed by atoms with Crippen LogP contribution in [0.2, 0.25) is 0 Å². The van der Waals surface area contributed by atoms with Crippen LogP contribution in [0.15, 0.2) is 65.7 Å². The van der Waals surface area contributed by atoms with Crippen LogP contribution < -0.4 is 4.80 Å². The fourth-order valence-electron chi connectivity index (χ4n) is 3.25. The predicted molar refractivity (Wildman–Crippen MR) is 117 cm³/mol. The van der Waals surface area contributed by atoms with Gasteiger partial charge in [-0.3, -0.25) is 19.7 Å². The second-order valence-electron chi connectivity index (χ2n) is 6.63. The minimum absolute atomic E-state index is 0.0848. The molecule has 4 aromatic rings. The lowest BCUT2D eigenvalue weighted by Crippen LogP contribution is -2.23. The highest BCUT2D eigenvalue weighted by atomic mass is 32.1. The van der Waals surface area contributed by atoms with E-state index in [9.17, 15) is 19.7 Å². The molecule has 0 atom stereocenters. The molecule has 0 fully saturated rings. The van der Waals surface area contributed by atoms with Gasteiger partial charge in [-0.25, -0.2) is 0 Å². The van der Waals surface area contributed by atoms with Gasteiger partial charge in [0, 0.05) is 23.1 Å². The molecule has 0 N–H and O–H groups in total. The highest BCUT2D eigenvalue weighted by Gasteiger charge is 2.15. The highest BCUT2D eigenvalue weighted by molar-refractivity contribution is 7.17. The van der Waals surface area contributed by atoms with Gasteiger partial charge in [0.2, 0.25) is 0 Å². The predicted octanol–water partition coefficient (Wildman–Crippen LogP) is 4.07. The van der Waals surface area contributed by atoms with Gasteiger partial charge in [0.15, 0.2) is 4.80 Å². The number of carbonyl (C=O) groups is 2. The average molecular weight is 435 g/mol. The van der Waals surface area contributed by atoms with Crippen LogP contribution in [0.25, 0.3) is 21.0 Å². The second-order valence-corrected chi connectivity index (χ2v) is 7.61. The monoisotopic (exact) mass is 435 g/mol. The molecule has 0 unspecified atom stereocenters. The van der Waals surface area contributed by atoms with E-state index in [0.29, 0.717) is 4.80 Å². The molecule has 0 spiro atoms. The standard InChI is InChI=1S/C22H17N3O5S/c1-2-30-19(26)13-24-18-12-9-14-5-3-4-6-17(14)20(18)31-22(24)23-21(27)15-7-10-16(11-8-15)25(28)29/h3-12H,2,13H2,1H3. The Morgan fingerprint density at radius 2 is 1.84 bits per heavy atom. The van der Waals surface area contributed by atoms with Crippen LogP contribution >= 0.6 is 11.3 Å². The molecular formula is C22H17N3O5S. The van der Waals surface area contributed by atoms with Crippen molar-refractivity contribution in [3.63, 3.8) is 0 Å². The van der Waals surface area contributed by atoms with Gasteiger partial charge in [0.25, 0.3) is 11.6 Å². The third kappa shape index (κ3) is 4.08. The molecule has 0 aliphatic carbocycles. The fourth-order valence-corrected chi connectivity index (χ4v) is 4.41. The summed E-state index contributed by atoms with van der Waals surface area (Å²) in [6.07, 6.45) is 0. The van der Waals surface area contributed by atoms with Gasteiger partial charge in [-0.05, 0) is 30.5 Å². The molecule has 0 radical (unpaired) electrons. The molecule has 1 aromatic heterocycles. The van der Waals surface area contributed by atoms with Crippen molar-refractivity contribution in [1.29, 1.82) is 0 Å². The first-order chi connectivity index (χ1) is 15.0. The van der Waals surface area contributed by atoms with Crippen molar-refractivity contribution in [1.82, 2.24) is 4.57 Å². The Morgan fingerprint density at radius 1 is 1.10 bits per heavy atom. The Morgan fingerprint density at radius 3 is 2.55 bits per heavy atom. The molecule has 0 aliphatic heterocycles. The molecule has 1 amide bonds. The molecule has 0 saturated carbocycles. The number of thiazole rings is 1. The van der Waals surface area contributed by atoms with E-state index in [4.69, 9.17) is 4.74 Å². The molecule has 1 heterocycles. The van der Waals surface area contributed by atoms with E-state index < -0.39 is 16.8 Å². The topological polar surface area (TPSA) is 104 Å². The molecule has 0 aliphatic rings. The quantitative estimate of drug-likeness (QED) is 0.267. The van der Waals surface area contributed by atoms with E-state index in [1.807, 2.05) is 36.4 Å². The van der Waals surface area contributed by atoms with E-state index in [1.165, 1.54) is 35.6 Å². The molecule has 0 saturated heterocycles. The number of aromatic nitrogens is 1. The van der Waals surface area contributed by atoms with Gasteiger partial charge in [-0.2, -0.15) is 4.99 Å². The molecule has 8 nitrogen and oxygen atoms in total. The van der Waals surface area contributed by atoms with Gasteiger partial charge in [0.1, 0.15) is 6.54 Å². The maximum atomic E-state index is 12.7. The Balaban J connectivity index is 1.86. The summed E-state index contributed by atoms with van der Waals surface area (Å²) in [6.45, 7) is 1.89. The van der Waals surface area contributed by atoms with Crippen LogP contribution in [0, 0.1) is 10.1 Å². The first-order valence-corrected chi connectivity index (χ1v) is 10.3. The number of benzene rings is 3. The molecule has 9 heteroatoms. The van der Waals surface area contributed by atoms with Gasteiger partial charge in [0.05, 0.1) is 21.7 Å². The minimum Gasteiger partial charge on any atom is -0.465 e. The van der Waals surface area contributed by atoms with E-state index in [0.717, 1.165) is 21.0 Å². The van der Waals surface area contributed by atoms with Crippen LogP contribution in [-0.4, -0.2) is 28.0 Å². The largest absolute Gasteiger partial charge is 0.465 e. The number of carbonyl (C=O) groups excluding carboxylic acids is 2. The lowest BCUT2D eigenvalue weighted by molar-refractivity contribution is -0.384. The number of nitrogens with zero attached hydrogens (tertiary/aromatic N) is 3. The van der Waals surface area contributed by atoms with Crippen molar-refractivity contribution in [2.45, 2.75) is 13.5 Å². The van der Waals surface area contributed by atoms with Crippen molar-refractivity contribution < 1.29 is 19.2 Å². The number of nitro benzene ring substituents is 1. The number of hydrogen-bond donors (Lipinski definition) is 0. The molecule has 4 rings (SSSR count). The lowest BCUT2D eigenvalue weighted by Gasteiger charge is -2.06. The zero-order valence-corrected chi connectivity index (χ0v) is 17.3. The third-order valence-electron chi connectivity index (χ3n) is 4.69. The van der Waals surface area contributed by atoms with E-state index in [1.54, 1.807) is 11.5 Å². The number of non-ortho nitro benzene ring substituents is 1. The first-order valence-electron chi connectivity index (χ1n) is 9.48. The molecule has 0 bridgehead atoms. The maximum absolute atomic E-state index is 12.7. The van der Waals surface area contributed by atoms with E-state index in [-0.39, 0.29) is 24.4 Å². The number of ether oxygens (including phenoxy) is 1. The number of nitro groups is 1. The van der Waals surface area contributed by atoms with Gasteiger partial charge < -0.3 is 9.30 Å². The van der Waals surface area contributed by atoms with Crippen LogP contribution in [-0.2, 0) is 16.1 Å². The van der Waals surface area contributed by atoms with Crippen molar-refractivity contribution in [2.24, 2.45) is 4.99 Å². The SMILES string of the molecule is CCOC(=O)Cn1c(=NC(=O)c2ccc([N+](=O)[O-])cc2)sc2c3ccccc3ccc21. The highest BCUT2D eigenvalue weighted by Crippen LogP contribution is 2.27. The van der Waals surface area contributed by atoms with Gasteiger partial charge >= 0.3 is 5.97 Å². The smallest absolute Gasteiger partial charge is 0.326 e. The summed E-state index contributed by atoms with van der Waals surface area (Å²) in [4.78, 5) is 39.8. The minimum atomic E-state index is -0.552. The molecule has 156 valence electrons. The molecule has 3 aromatic carbocycles. The number of hydrogen-bond acceptors (Lipinski definition) is 6. The van der Waals surface area contributed by atoms with Crippen molar-refractivity contribution >= 4 is 49.9 Å². The summed E-state index contributed by atoms with van der Waals surface area (Å²) in [5, 5.41) is 12.9. The summed E-state index contributed by atoms with van der Waals surface area (Å²) in [5.41, 5.74) is 0.879. The van der Waals surface area contributed by atoms with Crippen molar-refractivity contribution in [3.05, 3.63) is 81.1 Å². The Kier molecular flexibility index (Phi) is 5.59. The zero-order chi connectivity index (χ0) is 22.0. The fraction of sp³-hybridized carbons (Fsp3) is 0.136. The van der Waals surface area contributed by atoms with E-state index in [2.05, 4.69) is 4.99 Å². The van der Waals surface area contributed by atoms with Gasteiger partial charge in [-0.1, -0.05) is 41.7 Å². The van der Waals surface area contributed by atoms with Crippen LogP contribution in [0.3, 0.4) is 0 Å². The molecular weight excluding hydrogens is 418 g/mol. The Bertz CT molecular complexity index is 1390. The Labute approximate surface area is 180 Å². The first kappa shape index (κ1) is 20.4. The molecule has 31 heavy (non-hydrogen) atoms. The average Bonchev–Trinajstić information content (AvgIpc) is 3.11. The van der Waals surface area contributed by atoms with Crippen LogP contribution in [0.5, 0.6) is 0 Å². The van der Waals surface area contributed by atoms with Crippen molar-refractivity contribution in [2.75, 3.05) is 6.61 Å². The van der Waals surface area contributed by atoms with E-state index >= 15 is 0 Å². The summed E-state index contributed by atoms with van der Waals surface area (Å²) < 4.78 is 7.65. The maximum Gasteiger partial charge on any atom is 0.326 e. The zero-order valence-electron chi connectivity index (χ0n) is 16.5. The second kappa shape index (κ2) is 8.49.